The smallest absolute Gasteiger partial charge is 0.318 e. The summed E-state index contributed by atoms with van der Waals surface area (Å²) in [6.07, 6.45) is 7.71. The van der Waals surface area contributed by atoms with Gasteiger partial charge in [-0.25, -0.2) is 4.79 Å². The van der Waals surface area contributed by atoms with Crippen LogP contribution in [0.1, 0.15) is 67.2 Å². The van der Waals surface area contributed by atoms with Gasteiger partial charge in [0.15, 0.2) is 0 Å². The van der Waals surface area contributed by atoms with Gasteiger partial charge in [0, 0.05) is 36.6 Å². The van der Waals surface area contributed by atoms with Crippen LogP contribution in [0.4, 0.5) is 4.79 Å². The minimum absolute atomic E-state index is 0.000373. The molecule has 2 N–H and O–H groups in total. The van der Waals surface area contributed by atoms with Crippen LogP contribution in [0.3, 0.4) is 0 Å². The molecule has 136 valence electrons. The fourth-order valence-electron chi connectivity index (χ4n) is 3.87. The van der Waals surface area contributed by atoms with Crippen molar-refractivity contribution in [3.63, 3.8) is 0 Å². The fraction of sp³-hybridized carbons (Fsp3) is 0.611. The molecule has 0 aromatic carbocycles. The van der Waals surface area contributed by atoms with Crippen LogP contribution in [0, 0.1) is 13.8 Å². The number of hydrogen-bond acceptors (Lipinski definition) is 3. The Hall–Kier alpha value is -2.31. The highest BCUT2D eigenvalue weighted by molar-refractivity contribution is 5.75. The zero-order valence-electron chi connectivity index (χ0n) is 15.5. The van der Waals surface area contributed by atoms with E-state index < -0.39 is 0 Å². The Balaban J connectivity index is 1.79. The lowest BCUT2D eigenvalue weighted by Crippen LogP contribution is -2.45. The van der Waals surface area contributed by atoms with E-state index in [2.05, 4.69) is 34.5 Å². The summed E-state index contributed by atoms with van der Waals surface area (Å²) in [5.74, 6) is 0. The molecule has 1 aliphatic heterocycles. The quantitative estimate of drug-likeness (QED) is 0.894. The van der Waals surface area contributed by atoms with E-state index in [9.17, 15) is 4.79 Å². The van der Waals surface area contributed by atoms with Gasteiger partial charge in [-0.3, -0.25) is 9.78 Å². The second kappa shape index (κ2) is 7.29. The minimum Gasteiger partial charge on any atom is -0.331 e. The van der Waals surface area contributed by atoms with Crippen molar-refractivity contribution in [2.75, 3.05) is 6.54 Å². The van der Waals surface area contributed by atoms with Crippen LogP contribution >= 0.6 is 0 Å². The second-order valence-electron chi connectivity index (χ2n) is 6.86. The van der Waals surface area contributed by atoms with Gasteiger partial charge in [-0.15, -0.1) is 0 Å². The highest BCUT2D eigenvalue weighted by Gasteiger charge is 2.30. The third kappa shape index (κ3) is 3.41. The average Bonchev–Trinajstić information content (AvgIpc) is 3.22. The first-order valence-electron chi connectivity index (χ1n) is 9.08. The molecule has 2 atom stereocenters. The molecule has 7 heteroatoms. The summed E-state index contributed by atoms with van der Waals surface area (Å²) in [5.41, 5.74) is 4.30. The van der Waals surface area contributed by atoms with Crippen molar-refractivity contribution in [3.05, 3.63) is 34.9 Å². The van der Waals surface area contributed by atoms with Crippen molar-refractivity contribution in [1.29, 1.82) is 0 Å². The van der Waals surface area contributed by atoms with E-state index in [-0.39, 0.29) is 18.1 Å². The van der Waals surface area contributed by atoms with Gasteiger partial charge in [0.05, 0.1) is 24.0 Å². The summed E-state index contributed by atoms with van der Waals surface area (Å²) in [6, 6.07) is 0.0784. The molecule has 0 saturated carbocycles. The van der Waals surface area contributed by atoms with Crippen LogP contribution in [0.5, 0.6) is 0 Å². The van der Waals surface area contributed by atoms with E-state index in [1.165, 1.54) is 0 Å². The Kier molecular flexibility index (Phi) is 5.11. The highest BCUT2D eigenvalue weighted by Crippen LogP contribution is 2.31. The third-order valence-electron chi connectivity index (χ3n) is 5.29. The van der Waals surface area contributed by atoms with E-state index in [1.807, 2.05) is 35.9 Å². The van der Waals surface area contributed by atoms with Gasteiger partial charge in [0.1, 0.15) is 0 Å². The molecule has 3 heterocycles. The fourth-order valence-corrected chi connectivity index (χ4v) is 3.87. The summed E-state index contributed by atoms with van der Waals surface area (Å²) in [6.45, 7) is 6.94. The first-order valence-corrected chi connectivity index (χ1v) is 9.08. The Morgan fingerprint density at radius 2 is 2.24 bits per heavy atom. The standard InChI is InChI=1S/C18H28N6O/c1-5-15(17-12(2)22-23(4)13(17)3)21-18(25)24-9-7-6-8-16(24)14-10-19-20-11-14/h10-11,15-16H,5-9H2,1-4H3,(H,19,20)(H,21,25)/t15-,16-/m0/s1. The average molecular weight is 344 g/mol. The van der Waals surface area contributed by atoms with Gasteiger partial charge in [0.2, 0.25) is 0 Å². The van der Waals surface area contributed by atoms with Crippen molar-refractivity contribution in [1.82, 2.24) is 30.2 Å². The van der Waals surface area contributed by atoms with Crippen LogP contribution < -0.4 is 5.32 Å². The topological polar surface area (TPSA) is 78.8 Å². The molecular weight excluding hydrogens is 316 g/mol. The zero-order valence-corrected chi connectivity index (χ0v) is 15.5. The number of likely N-dealkylation sites (tertiary alicyclic amines) is 1. The number of nitrogens with one attached hydrogen (secondary N) is 2. The molecule has 2 aromatic rings. The zero-order chi connectivity index (χ0) is 18.0. The number of urea groups is 1. The van der Waals surface area contributed by atoms with Crippen LogP contribution in [0.25, 0.3) is 0 Å². The van der Waals surface area contributed by atoms with Gasteiger partial charge in [0.25, 0.3) is 0 Å². The van der Waals surface area contributed by atoms with Gasteiger partial charge >= 0.3 is 6.03 Å². The molecule has 2 aromatic heterocycles. The first kappa shape index (κ1) is 17.5. The summed E-state index contributed by atoms with van der Waals surface area (Å²) >= 11 is 0. The molecule has 1 fully saturated rings. The molecule has 7 nitrogen and oxygen atoms in total. The van der Waals surface area contributed by atoms with Crippen molar-refractivity contribution in [3.8, 4) is 0 Å². The van der Waals surface area contributed by atoms with E-state index in [1.54, 1.807) is 0 Å². The van der Waals surface area contributed by atoms with E-state index in [4.69, 9.17) is 0 Å². The monoisotopic (exact) mass is 344 g/mol. The number of aryl methyl sites for hydroxylation is 2. The predicted molar refractivity (Wildman–Crippen MR) is 96.1 cm³/mol. The van der Waals surface area contributed by atoms with Crippen molar-refractivity contribution in [2.24, 2.45) is 7.05 Å². The SMILES string of the molecule is CC[C@H](NC(=O)N1CCCC[C@H]1c1cn[nH]c1)c1c(C)nn(C)c1C. The maximum Gasteiger partial charge on any atom is 0.318 e. The lowest BCUT2D eigenvalue weighted by molar-refractivity contribution is 0.148. The molecule has 1 aliphatic rings. The van der Waals surface area contributed by atoms with Crippen LogP contribution in [0.15, 0.2) is 12.4 Å². The number of aromatic amines is 1. The van der Waals surface area contributed by atoms with Gasteiger partial charge in [-0.1, -0.05) is 6.92 Å². The molecule has 0 unspecified atom stereocenters. The highest BCUT2D eigenvalue weighted by atomic mass is 16.2. The largest absolute Gasteiger partial charge is 0.331 e. The Labute approximate surface area is 148 Å². The Morgan fingerprint density at radius 1 is 1.44 bits per heavy atom. The predicted octanol–water partition coefficient (Wildman–Crippen LogP) is 3.15. The minimum atomic E-state index is -0.0203. The maximum atomic E-state index is 13.0. The summed E-state index contributed by atoms with van der Waals surface area (Å²) in [5, 5.41) is 14.6. The lowest BCUT2D eigenvalue weighted by Gasteiger charge is -2.36. The van der Waals surface area contributed by atoms with Crippen LogP contribution in [0.2, 0.25) is 0 Å². The number of piperidine rings is 1. The molecule has 0 radical (unpaired) electrons. The van der Waals surface area contributed by atoms with Gasteiger partial charge in [-0.05, 0) is 39.5 Å². The van der Waals surface area contributed by atoms with E-state index in [0.29, 0.717) is 0 Å². The number of aromatic nitrogens is 4. The maximum absolute atomic E-state index is 13.0. The number of amides is 2. The summed E-state index contributed by atoms with van der Waals surface area (Å²) < 4.78 is 1.88. The molecule has 25 heavy (non-hydrogen) atoms. The normalized spacial score (nSPS) is 19.0. The molecular formula is C18H28N6O. The van der Waals surface area contributed by atoms with Crippen molar-refractivity contribution >= 4 is 6.03 Å². The molecule has 3 rings (SSSR count). The van der Waals surface area contributed by atoms with Crippen LogP contribution in [-0.2, 0) is 7.05 Å². The lowest BCUT2D eigenvalue weighted by atomic mass is 9.97. The summed E-state index contributed by atoms with van der Waals surface area (Å²) in [4.78, 5) is 15.0. The molecule has 0 spiro atoms. The Bertz CT molecular complexity index is 720. The van der Waals surface area contributed by atoms with E-state index in [0.717, 1.165) is 54.7 Å². The number of hydrogen-bond donors (Lipinski definition) is 2. The third-order valence-corrected chi connectivity index (χ3v) is 5.29. The molecule has 1 saturated heterocycles. The number of carbonyl (C=O) groups excluding carboxylic acids is 1. The molecule has 2 amide bonds. The van der Waals surface area contributed by atoms with Gasteiger partial charge < -0.3 is 10.2 Å². The number of nitrogens with zero attached hydrogens (tertiary/aromatic N) is 4. The second-order valence-corrected chi connectivity index (χ2v) is 6.86. The number of H-pyrrole nitrogens is 1. The summed E-state index contributed by atoms with van der Waals surface area (Å²) in [7, 11) is 1.94. The Morgan fingerprint density at radius 3 is 2.84 bits per heavy atom. The van der Waals surface area contributed by atoms with E-state index >= 15 is 0 Å². The van der Waals surface area contributed by atoms with Crippen molar-refractivity contribution in [2.45, 2.75) is 58.5 Å². The number of carbonyl (C=O) groups is 1. The molecule has 0 aliphatic carbocycles. The van der Waals surface area contributed by atoms with Crippen LogP contribution in [-0.4, -0.2) is 37.5 Å². The van der Waals surface area contributed by atoms with Gasteiger partial charge in [-0.2, -0.15) is 10.2 Å². The van der Waals surface area contributed by atoms with Crippen molar-refractivity contribution < 1.29 is 4.79 Å². The molecule has 0 bridgehead atoms. The number of rotatable bonds is 4. The first-order chi connectivity index (χ1) is 12.0.